The Hall–Kier alpha value is -0.850. The van der Waals surface area contributed by atoms with Crippen molar-refractivity contribution in [2.24, 2.45) is 0 Å². The maximum absolute atomic E-state index is 10.0. The van der Waals surface area contributed by atoms with Crippen molar-refractivity contribution < 1.29 is 4.79 Å². The molecular weight excluding hydrogens is 148 g/mol. The zero-order chi connectivity index (χ0) is 9.23. The van der Waals surface area contributed by atoms with Gasteiger partial charge in [-0.05, 0) is 33.1 Å². The molecular formula is C11H18O. The summed E-state index contributed by atoms with van der Waals surface area (Å²) in [5.41, 5.74) is 1.38. The van der Waals surface area contributed by atoms with Crippen LogP contribution in [0.15, 0.2) is 23.8 Å². The van der Waals surface area contributed by atoms with E-state index in [-0.39, 0.29) is 0 Å². The lowest BCUT2D eigenvalue weighted by molar-refractivity contribution is -0.107. The first kappa shape index (κ1) is 11.2. The second kappa shape index (κ2) is 8.25. The summed E-state index contributed by atoms with van der Waals surface area (Å²) in [6.07, 6.45) is 11.1. The van der Waals surface area contributed by atoms with Crippen LogP contribution in [-0.4, -0.2) is 6.29 Å². The van der Waals surface area contributed by atoms with E-state index in [4.69, 9.17) is 0 Å². The van der Waals surface area contributed by atoms with Crippen molar-refractivity contribution >= 4 is 6.29 Å². The second-order valence-corrected chi connectivity index (χ2v) is 2.90. The van der Waals surface area contributed by atoms with Gasteiger partial charge < -0.3 is 4.79 Å². The minimum Gasteiger partial charge on any atom is -0.303 e. The van der Waals surface area contributed by atoms with Crippen LogP contribution in [0.25, 0.3) is 0 Å². The molecule has 0 bridgehead atoms. The molecule has 0 aliphatic carbocycles. The summed E-state index contributed by atoms with van der Waals surface area (Å²) in [4.78, 5) is 10.0. The smallest absolute Gasteiger partial charge is 0.120 e. The number of carbonyl (C=O) groups is 1. The third-order valence-electron chi connectivity index (χ3n) is 1.72. The molecule has 1 heteroatoms. The van der Waals surface area contributed by atoms with Crippen molar-refractivity contribution in [2.45, 2.75) is 39.5 Å². The van der Waals surface area contributed by atoms with Crippen LogP contribution in [0.1, 0.15) is 39.5 Å². The standard InChI is InChI=1S/C11H18O/c1-3-4-5-8-11(2)9-6-7-10-12/h3-4,9-10H,5-8H2,1-2H3. The topological polar surface area (TPSA) is 17.1 Å². The number of carbonyl (C=O) groups excluding carboxylic acids is 1. The van der Waals surface area contributed by atoms with Gasteiger partial charge in [0.2, 0.25) is 0 Å². The lowest BCUT2D eigenvalue weighted by atomic mass is 10.1. The van der Waals surface area contributed by atoms with Crippen LogP contribution < -0.4 is 0 Å². The minimum absolute atomic E-state index is 0.654. The third-order valence-corrected chi connectivity index (χ3v) is 1.72. The molecule has 12 heavy (non-hydrogen) atoms. The Labute approximate surface area is 75.2 Å². The number of aldehydes is 1. The highest BCUT2D eigenvalue weighted by Gasteiger charge is 1.87. The molecule has 0 aliphatic heterocycles. The maximum Gasteiger partial charge on any atom is 0.120 e. The summed E-state index contributed by atoms with van der Waals surface area (Å²) in [5, 5.41) is 0. The molecule has 0 radical (unpaired) electrons. The van der Waals surface area contributed by atoms with E-state index in [0.717, 1.165) is 25.5 Å². The van der Waals surface area contributed by atoms with Gasteiger partial charge in [-0.3, -0.25) is 0 Å². The number of hydrogen-bond donors (Lipinski definition) is 0. The Kier molecular flexibility index (Phi) is 7.66. The molecule has 0 unspecified atom stereocenters. The molecule has 0 atom stereocenters. The van der Waals surface area contributed by atoms with E-state index in [1.165, 1.54) is 5.57 Å². The molecule has 0 saturated heterocycles. The second-order valence-electron chi connectivity index (χ2n) is 2.90. The summed E-state index contributed by atoms with van der Waals surface area (Å²) in [6, 6.07) is 0. The van der Waals surface area contributed by atoms with Crippen LogP contribution in [0.3, 0.4) is 0 Å². The fourth-order valence-corrected chi connectivity index (χ4v) is 0.978. The lowest BCUT2D eigenvalue weighted by Crippen LogP contribution is -1.78. The summed E-state index contributed by atoms with van der Waals surface area (Å²) < 4.78 is 0. The Morgan fingerprint density at radius 1 is 1.25 bits per heavy atom. The van der Waals surface area contributed by atoms with Gasteiger partial charge in [-0.1, -0.05) is 23.8 Å². The van der Waals surface area contributed by atoms with Crippen LogP contribution in [-0.2, 0) is 4.79 Å². The average Bonchev–Trinajstić information content (AvgIpc) is 2.06. The highest BCUT2D eigenvalue weighted by Crippen LogP contribution is 2.06. The van der Waals surface area contributed by atoms with E-state index in [1.54, 1.807) is 0 Å². The molecule has 0 aromatic rings. The Morgan fingerprint density at radius 3 is 2.58 bits per heavy atom. The van der Waals surface area contributed by atoms with Gasteiger partial charge in [0.05, 0.1) is 0 Å². The van der Waals surface area contributed by atoms with Crippen molar-refractivity contribution in [1.82, 2.24) is 0 Å². The molecule has 0 aromatic heterocycles. The van der Waals surface area contributed by atoms with E-state index in [2.05, 4.69) is 25.2 Å². The predicted octanol–water partition coefficient (Wildman–Crippen LogP) is 3.27. The maximum atomic E-state index is 10.0. The van der Waals surface area contributed by atoms with Crippen LogP contribution in [0.4, 0.5) is 0 Å². The quantitative estimate of drug-likeness (QED) is 0.336. The van der Waals surface area contributed by atoms with E-state index in [1.807, 2.05) is 6.92 Å². The summed E-state index contributed by atoms with van der Waals surface area (Å²) >= 11 is 0. The number of allylic oxidation sites excluding steroid dienone is 4. The van der Waals surface area contributed by atoms with E-state index in [0.29, 0.717) is 6.42 Å². The van der Waals surface area contributed by atoms with Crippen molar-refractivity contribution in [2.75, 3.05) is 0 Å². The monoisotopic (exact) mass is 166 g/mol. The number of unbranched alkanes of at least 4 members (excludes halogenated alkanes) is 1. The highest BCUT2D eigenvalue weighted by molar-refractivity contribution is 5.49. The fourth-order valence-electron chi connectivity index (χ4n) is 0.978. The van der Waals surface area contributed by atoms with Crippen molar-refractivity contribution in [1.29, 1.82) is 0 Å². The van der Waals surface area contributed by atoms with Crippen molar-refractivity contribution in [3.8, 4) is 0 Å². The molecule has 0 aliphatic rings. The predicted molar refractivity (Wildman–Crippen MR) is 53.1 cm³/mol. The zero-order valence-electron chi connectivity index (χ0n) is 8.05. The van der Waals surface area contributed by atoms with Crippen molar-refractivity contribution in [3.63, 3.8) is 0 Å². The molecule has 0 fully saturated rings. The van der Waals surface area contributed by atoms with Crippen molar-refractivity contribution in [3.05, 3.63) is 23.8 Å². The van der Waals surface area contributed by atoms with Gasteiger partial charge >= 0.3 is 0 Å². The first-order valence-corrected chi connectivity index (χ1v) is 4.51. The first-order chi connectivity index (χ1) is 5.81. The molecule has 0 amide bonds. The van der Waals surface area contributed by atoms with E-state index in [9.17, 15) is 4.79 Å². The summed E-state index contributed by atoms with van der Waals surface area (Å²) in [5.74, 6) is 0. The summed E-state index contributed by atoms with van der Waals surface area (Å²) in [6.45, 7) is 4.15. The van der Waals surface area contributed by atoms with E-state index >= 15 is 0 Å². The van der Waals surface area contributed by atoms with Gasteiger partial charge in [0.1, 0.15) is 6.29 Å². The minimum atomic E-state index is 0.654. The molecule has 0 N–H and O–H groups in total. The van der Waals surface area contributed by atoms with Crippen LogP contribution in [0.2, 0.25) is 0 Å². The van der Waals surface area contributed by atoms with Gasteiger partial charge in [-0.25, -0.2) is 0 Å². The normalized spacial score (nSPS) is 12.3. The van der Waals surface area contributed by atoms with Gasteiger partial charge in [-0.15, -0.1) is 0 Å². The Bertz CT molecular complexity index is 166. The molecule has 0 aromatic carbocycles. The molecule has 0 spiro atoms. The van der Waals surface area contributed by atoms with Crippen LogP contribution in [0, 0.1) is 0 Å². The Balaban J connectivity index is 3.48. The van der Waals surface area contributed by atoms with Crippen LogP contribution >= 0.6 is 0 Å². The SMILES string of the molecule is CC=CCCC(C)=CCCC=O. The molecule has 1 nitrogen and oxygen atoms in total. The first-order valence-electron chi connectivity index (χ1n) is 4.51. The van der Waals surface area contributed by atoms with Gasteiger partial charge in [-0.2, -0.15) is 0 Å². The van der Waals surface area contributed by atoms with Crippen LogP contribution in [0.5, 0.6) is 0 Å². The number of rotatable bonds is 6. The zero-order valence-corrected chi connectivity index (χ0v) is 8.05. The Morgan fingerprint density at radius 2 is 2.00 bits per heavy atom. The molecule has 0 heterocycles. The van der Waals surface area contributed by atoms with Gasteiger partial charge in [0, 0.05) is 6.42 Å². The van der Waals surface area contributed by atoms with E-state index < -0.39 is 0 Å². The highest BCUT2D eigenvalue weighted by atomic mass is 16.1. The summed E-state index contributed by atoms with van der Waals surface area (Å²) in [7, 11) is 0. The fraction of sp³-hybridized carbons (Fsp3) is 0.545. The van der Waals surface area contributed by atoms with Gasteiger partial charge in [0.15, 0.2) is 0 Å². The average molecular weight is 166 g/mol. The largest absolute Gasteiger partial charge is 0.303 e. The third kappa shape index (κ3) is 7.26. The molecule has 0 saturated carbocycles. The van der Waals surface area contributed by atoms with Gasteiger partial charge in [0.25, 0.3) is 0 Å². The lowest BCUT2D eigenvalue weighted by Gasteiger charge is -1.96. The molecule has 0 rings (SSSR count). The molecule has 68 valence electrons. The number of hydrogen-bond acceptors (Lipinski definition) is 1.